The number of hydrogen-bond donors (Lipinski definition) is 1. The number of aromatic nitrogens is 2. The van der Waals surface area contributed by atoms with E-state index in [-0.39, 0.29) is 29.9 Å². The van der Waals surface area contributed by atoms with E-state index < -0.39 is 5.82 Å². The second-order valence-electron chi connectivity index (χ2n) is 6.81. The fourth-order valence-electron chi connectivity index (χ4n) is 2.78. The van der Waals surface area contributed by atoms with Crippen molar-refractivity contribution < 1.29 is 18.7 Å². The van der Waals surface area contributed by atoms with Crippen LogP contribution in [-0.4, -0.2) is 28.1 Å². The van der Waals surface area contributed by atoms with Crippen LogP contribution in [0.5, 0.6) is 5.75 Å². The zero-order valence-electron chi connectivity index (χ0n) is 16.4. The van der Waals surface area contributed by atoms with Crippen LogP contribution in [0.15, 0.2) is 54.7 Å². The zero-order valence-corrected chi connectivity index (χ0v) is 17.2. The molecule has 0 spiro atoms. The number of ketones is 1. The zero-order chi connectivity index (χ0) is 21.5. The number of ether oxygens (including phenoxy) is 1. The molecule has 0 aliphatic rings. The van der Waals surface area contributed by atoms with Crippen molar-refractivity contribution in [3.05, 3.63) is 76.7 Å². The number of carbonyl (C=O) groups is 2. The summed E-state index contributed by atoms with van der Waals surface area (Å²) in [5.74, 6) is 0.320. The van der Waals surface area contributed by atoms with E-state index in [1.54, 1.807) is 42.1 Å². The van der Waals surface area contributed by atoms with Gasteiger partial charge in [-0.25, -0.2) is 9.07 Å². The van der Waals surface area contributed by atoms with Crippen molar-refractivity contribution in [2.45, 2.75) is 26.3 Å². The summed E-state index contributed by atoms with van der Waals surface area (Å²) in [5, 5.41) is 6.94. The van der Waals surface area contributed by atoms with E-state index in [4.69, 9.17) is 16.3 Å². The van der Waals surface area contributed by atoms with Gasteiger partial charge in [0.25, 0.3) is 5.91 Å². The summed E-state index contributed by atoms with van der Waals surface area (Å²) in [4.78, 5) is 23.3. The molecule has 0 aliphatic heterocycles. The van der Waals surface area contributed by atoms with E-state index in [0.717, 1.165) is 5.56 Å². The molecular weight excluding hydrogens is 409 g/mol. The van der Waals surface area contributed by atoms with Crippen molar-refractivity contribution in [3.63, 3.8) is 0 Å². The molecule has 0 saturated carbocycles. The van der Waals surface area contributed by atoms with E-state index in [2.05, 4.69) is 10.4 Å². The minimum Gasteiger partial charge on any atom is -0.484 e. The Morgan fingerprint density at radius 2 is 1.87 bits per heavy atom. The second kappa shape index (κ2) is 10.0. The summed E-state index contributed by atoms with van der Waals surface area (Å²) in [6.45, 7) is 1.67. The van der Waals surface area contributed by atoms with E-state index in [0.29, 0.717) is 30.0 Å². The Labute approximate surface area is 178 Å². The van der Waals surface area contributed by atoms with Gasteiger partial charge in [-0.3, -0.25) is 4.79 Å². The Morgan fingerprint density at radius 3 is 2.57 bits per heavy atom. The highest BCUT2D eigenvalue weighted by molar-refractivity contribution is 6.30. The van der Waals surface area contributed by atoms with E-state index >= 15 is 0 Å². The van der Waals surface area contributed by atoms with Gasteiger partial charge in [-0.1, -0.05) is 29.8 Å². The third-order valence-corrected chi connectivity index (χ3v) is 4.67. The maximum atomic E-state index is 13.6. The molecule has 1 aromatic heterocycles. The lowest BCUT2D eigenvalue weighted by atomic mass is 10.1. The molecule has 30 heavy (non-hydrogen) atoms. The number of hydrogen-bond acceptors (Lipinski definition) is 4. The minimum absolute atomic E-state index is 0.0526. The van der Waals surface area contributed by atoms with Crippen molar-refractivity contribution in [1.82, 2.24) is 9.78 Å². The van der Waals surface area contributed by atoms with Crippen molar-refractivity contribution in [2.24, 2.45) is 0 Å². The largest absolute Gasteiger partial charge is 0.484 e. The number of carbonyl (C=O) groups excluding carboxylic acids is 2. The lowest BCUT2D eigenvalue weighted by Crippen LogP contribution is -2.22. The minimum atomic E-state index is -0.507. The highest BCUT2D eigenvalue weighted by Gasteiger charge is 2.10. The summed E-state index contributed by atoms with van der Waals surface area (Å²) in [6, 6.07) is 13.4. The molecule has 6 nitrogen and oxygen atoms in total. The fraction of sp³-hybridized carbons (Fsp3) is 0.227. The van der Waals surface area contributed by atoms with Gasteiger partial charge >= 0.3 is 0 Å². The van der Waals surface area contributed by atoms with Crippen LogP contribution in [0.4, 0.5) is 10.2 Å². The molecule has 2 aromatic carbocycles. The Kier molecular flexibility index (Phi) is 7.19. The average molecular weight is 430 g/mol. The maximum absolute atomic E-state index is 13.6. The number of nitrogens with zero attached hydrogens (tertiary/aromatic N) is 2. The number of anilines is 1. The van der Waals surface area contributed by atoms with Gasteiger partial charge in [-0.15, -0.1) is 0 Å². The first-order valence-corrected chi connectivity index (χ1v) is 9.75. The number of Topliss-reactive ketones (excluding diaryl/α,β-unsaturated/α-hetero) is 1. The molecule has 0 bridgehead atoms. The topological polar surface area (TPSA) is 73.2 Å². The second-order valence-corrected chi connectivity index (χ2v) is 7.21. The van der Waals surface area contributed by atoms with Crippen LogP contribution in [-0.2, 0) is 22.6 Å². The van der Waals surface area contributed by atoms with Crippen molar-refractivity contribution in [3.8, 4) is 5.75 Å². The van der Waals surface area contributed by atoms with Gasteiger partial charge < -0.3 is 14.8 Å². The molecule has 0 radical (unpaired) electrons. The Hall–Kier alpha value is -3.19. The van der Waals surface area contributed by atoms with Gasteiger partial charge in [-0.2, -0.15) is 5.10 Å². The van der Waals surface area contributed by atoms with Gasteiger partial charge in [0.15, 0.2) is 6.61 Å². The Balaban J connectivity index is 1.52. The van der Waals surface area contributed by atoms with Crippen LogP contribution in [0.3, 0.4) is 0 Å². The fourth-order valence-corrected chi connectivity index (χ4v) is 2.89. The first kappa shape index (κ1) is 21.5. The molecule has 1 amide bonds. The lowest BCUT2D eigenvalue weighted by Gasteiger charge is -2.11. The molecule has 3 aromatic rings. The maximum Gasteiger partial charge on any atom is 0.263 e. The third-order valence-electron chi connectivity index (χ3n) is 4.36. The summed E-state index contributed by atoms with van der Waals surface area (Å²) < 4.78 is 20.7. The highest BCUT2D eigenvalue weighted by atomic mass is 35.5. The molecule has 0 aliphatic carbocycles. The van der Waals surface area contributed by atoms with Gasteiger partial charge in [0, 0.05) is 12.5 Å². The Morgan fingerprint density at radius 1 is 1.13 bits per heavy atom. The first-order chi connectivity index (χ1) is 14.4. The standard InChI is InChI=1S/C22H21ClFN3O3/c1-15(28)2-3-16-4-7-18(8-5-16)30-14-22(29)26-21-10-11-25-27(21)13-17-6-9-19(23)20(24)12-17/h4-12H,2-3,13-14H2,1H3,(H,26,29). The van der Waals surface area contributed by atoms with Crippen LogP contribution < -0.4 is 10.1 Å². The summed E-state index contributed by atoms with van der Waals surface area (Å²) in [5.41, 5.74) is 1.70. The molecule has 0 atom stereocenters. The predicted molar refractivity (Wildman–Crippen MR) is 112 cm³/mol. The van der Waals surface area contributed by atoms with E-state index in [9.17, 15) is 14.0 Å². The molecule has 3 rings (SSSR count). The number of amides is 1. The van der Waals surface area contributed by atoms with Gasteiger partial charge in [0.2, 0.25) is 0 Å². The van der Waals surface area contributed by atoms with Crippen LogP contribution in [0, 0.1) is 5.82 Å². The first-order valence-electron chi connectivity index (χ1n) is 9.37. The van der Waals surface area contributed by atoms with Crippen molar-refractivity contribution in [2.75, 3.05) is 11.9 Å². The van der Waals surface area contributed by atoms with E-state index in [1.165, 1.54) is 12.1 Å². The normalized spacial score (nSPS) is 10.6. The number of benzene rings is 2. The quantitative estimate of drug-likeness (QED) is 0.551. The van der Waals surface area contributed by atoms with Gasteiger partial charge in [-0.05, 0) is 48.7 Å². The molecule has 8 heteroatoms. The monoisotopic (exact) mass is 429 g/mol. The van der Waals surface area contributed by atoms with Gasteiger partial charge in [0.1, 0.15) is 23.2 Å². The highest BCUT2D eigenvalue weighted by Crippen LogP contribution is 2.18. The smallest absolute Gasteiger partial charge is 0.263 e. The average Bonchev–Trinajstić information content (AvgIpc) is 3.15. The number of halogens is 2. The molecule has 156 valence electrons. The van der Waals surface area contributed by atoms with Crippen LogP contribution in [0.25, 0.3) is 0 Å². The summed E-state index contributed by atoms with van der Waals surface area (Å²) >= 11 is 5.70. The lowest BCUT2D eigenvalue weighted by molar-refractivity contribution is -0.118. The van der Waals surface area contributed by atoms with Crippen molar-refractivity contribution in [1.29, 1.82) is 0 Å². The van der Waals surface area contributed by atoms with Crippen LogP contribution >= 0.6 is 11.6 Å². The van der Waals surface area contributed by atoms with Gasteiger partial charge in [0.05, 0.1) is 17.8 Å². The van der Waals surface area contributed by atoms with Crippen molar-refractivity contribution >= 4 is 29.1 Å². The molecule has 1 N–H and O–H groups in total. The SMILES string of the molecule is CC(=O)CCc1ccc(OCC(=O)Nc2ccnn2Cc2ccc(Cl)c(F)c2)cc1. The number of aryl methyl sites for hydroxylation is 1. The van der Waals surface area contributed by atoms with Crippen LogP contribution in [0.2, 0.25) is 5.02 Å². The molecular formula is C22H21ClFN3O3. The molecule has 0 fully saturated rings. The molecule has 1 heterocycles. The molecule has 0 unspecified atom stereocenters. The molecule has 0 saturated heterocycles. The third kappa shape index (κ3) is 6.15. The van der Waals surface area contributed by atoms with E-state index in [1.807, 2.05) is 12.1 Å². The predicted octanol–water partition coefficient (Wildman–Crippen LogP) is 4.26. The summed E-state index contributed by atoms with van der Waals surface area (Å²) in [6.07, 6.45) is 2.72. The number of nitrogens with one attached hydrogen (secondary N) is 1. The van der Waals surface area contributed by atoms with Crippen LogP contribution in [0.1, 0.15) is 24.5 Å². The Bertz CT molecular complexity index is 1030. The summed E-state index contributed by atoms with van der Waals surface area (Å²) in [7, 11) is 0. The number of rotatable bonds is 9.